The molecule has 1 aromatic carbocycles. The van der Waals surface area contributed by atoms with Crippen molar-refractivity contribution in [3.05, 3.63) is 23.8 Å². The summed E-state index contributed by atoms with van der Waals surface area (Å²) in [5.41, 5.74) is 0.343. The predicted octanol–water partition coefficient (Wildman–Crippen LogP) is 2.70. The van der Waals surface area contributed by atoms with Crippen molar-refractivity contribution < 1.29 is 23.8 Å². The fourth-order valence-corrected chi connectivity index (χ4v) is 3.28. The van der Waals surface area contributed by atoms with Gasteiger partial charge in [-0.25, -0.2) is 4.79 Å². The Balaban J connectivity index is 1.57. The van der Waals surface area contributed by atoms with E-state index < -0.39 is 12.1 Å². The van der Waals surface area contributed by atoms with Crippen LogP contribution < -0.4 is 14.8 Å². The molecule has 2 aliphatic rings. The van der Waals surface area contributed by atoms with E-state index in [0.29, 0.717) is 36.2 Å². The molecule has 0 unspecified atom stereocenters. The van der Waals surface area contributed by atoms with Gasteiger partial charge in [-0.3, -0.25) is 4.79 Å². The van der Waals surface area contributed by atoms with E-state index in [0.717, 1.165) is 19.3 Å². The van der Waals surface area contributed by atoms with Crippen LogP contribution in [0.1, 0.15) is 49.9 Å². The molecule has 25 heavy (non-hydrogen) atoms. The van der Waals surface area contributed by atoms with Crippen molar-refractivity contribution in [1.29, 1.82) is 0 Å². The lowest BCUT2D eigenvalue weighted by molar-refractivity contribution is -0.130. The number of carbonyl (C=O) groups is 2. The molecule has 1 N–H and O–H groups in total. The first-order chi connectivity index (χ1) is 12.0. The van der Waals surface area contributed by atoms with E-state index >= 15 is 0 Å². The molecule has 136 valence electrons. The summed E-state index contributed by atoms with van der Waals surface area (Å²) >= 11 is 0. The molecule has 1 aromatic rings. The Bertz CT molecular complexity index is 645. The zero-order valence-electron chi connectivity index (χ0n) is 14.7. The number of fused-ring (bicyclic) bond motifs is 1. The number of carbonyl (C=O) groups excluding carboxylic acids is 2. The average Bonchev–Trinajstić information content (AvgIpc) is 2.63. The Morgan fingerprint density at radius 2 is 1.88 bits per heavy atom. The summed E-state index contributed by atoms with van der Waals surface area (Å²) in [5.74, 6) is 0.799. The van der Waals surface area contributed by atoms with Gasteiger partial charge in [-0.2, -0.15) is 0 Å². The number of nitrogens with one attached hydrogen (secondary N) is 1. The fraction of sp³-hybridized carbons (Fsp3) is 0.579. The summed E-state index contributed by atoms with van der Waals surface area (Å²) in [4.78, 5) is 24.6. The second kappa shape index (κ2) is 7.76. The van der Waals surface area contributed by atoms with Crippen LogP contribution in [0.3, 0.4) is 0 Å². The summed E-state index contributed by atoms with van der Waals surface area (Å²) in [6.07, 6.45) is 3.60. The third-order valence-corrected chi connectivity index (χ3v) is 4.87. The van der Waals surface area contributed by atoms with Crippen LogP contribution in [0, 0.1) is 5.92 Å². The number of hydrogen-bond acceptors (Lipinski definition) is 5. The standard InChI is InChI=1S/C19H25NO5/c1-12-5-3-4-6-15(12)20-18(21)13(2)25-19(22)14-7-8-16-17(11-14)24-10-9-23-16/h7-8,11-13,15H,3-6,9-10H2,1-2H3,(H,20,21)/t12-,13+,15+/m1/s1. The van der Waals surface area contributed by atoms with Crippen molar-refractivity contribution in [3.63, 3.8) is 0 Å². The van der Waals surface area contributed by atoms with Gasteiger partial charge in [0.1, 0.15) is 13.2 Å². The van der Waals surface area contributed by atoms with Gasteiger partial charge >= 0.3 is 5.97 Å². The molecule has 1 amide bonds. The SMILES string of the molecule is C[C@H](OC(=O)c1ccc2c(c1)OCCO2)C(=O)N[C@H]1CCCC[C@H]1C. The Hall–Kier alpha value is -2.24. The molecule has 0 bridgehead atoms. The molecule has 0 spiro atoms. The highest BCUT2D eigenvalue weighted by Crippen LogP contribution is 2.31. The van der Waals surface area contributed by atoms with E-state index in [9.17, 15) is 9.59 Å². The highest BCUT2D eigenvalue weighted by molar-refractivity contribution is 5.93. The molecule has 1 saturated carbocycles. The third-order valence-electron chi connectivity index (χ3n) is 4.87. The first-order valence-corrected chi connectivity index (χ1v) is 8.95. The Kier molecular flexibility index (Phi) is 5.46. The van der Waals surface area contributed by atoms with Crippen LogP contribution in [-0.2, 0) is 9.53 Å². The normalized spacial score (nSPS) is 23.4. The maximum atomic E-state index is 12.3. The van der Waals surface area contributed by atoms with E-state index in [4.69, 9.17) is 14.2 Å². The van der Waals surface area contributed by atoms with Crippen LogP contribution in [0.15, 0.2) is 18.2 Å². The topological polar surface area (TPSA) is 73.9 Å². The van der Waals surface area contributed by atoms with Gasteiger partial charge in [0.2, 0.25) is 0 Å². The lowest BCUT2D eigenvalue weighted by Crippen LogP contribution is -2.45. The lowest BCUT2D eigenvalue weighted by atomic mass is 9.86. The Morgan fingerprint density at radius 3 is 2.64 bits per heavy atom. The summed E-state index contributed by atoms with van der Waals surface area (Å²) in [7, 11) is 0. The molecule has 0 saturated heterocycles. The van der Waals surface area contributed by atoms with Gasteiger partial charge in [0.05, 0.1) is 5.56 Å². The van der Waals surface area contributed by atoms with Gasteiger partial charge < -0.3 is 19.5 Å². The van der Waals surface area contributed by atoms with Crippen LogP contribution >= 0.6 is 0 Å². The minimum absolute atomic E-state index is 0.164. The smallest absolute Gasteiger partial charge is 0.339 e. The quantitative estimate of drug-likeness (QED) is 0.848. The second-order valence-corrected chi connectivity index (χ2v) is 6.78. The zero-order valence-corrected chi connectivity index (χ0v) is 14.7. The summed E-state index contributed by atoms with van der Waals surface area (Å²) in [6, 6.07) is 5.05. The highest BCUT2D eigenvalue weighted by Gasteiger charge is 2.27. The maximum Gasteiger partial charge on any atom is 0.339 e. The average molecular weight is 347 g/mol. The minimum atomic E-state index is -0.838. The van der Waals surface area contributed by atoms with Crippen molar-refractivity contribution >= 4 is 11.9 Å². The molecule has 3 atom stereocenters. The van der Waals surface area contributed by atoms with Gasteiger partial charge in [0, 0.05) is 6.04 Å². The molecular weight excluding hydrogens is 322 g/mol. The molecular formula is C19H25NO5. The number of hydrogen-bond donors (Lipinski definition) is 1. The third kappa shape index (κ3) is 4.24. The molecule has 0 radical (unpaired) electrons. The highest BCUT2D eigenvalue weighted by atomic mass is 16.6. The number of amides is 1. The van der Waals surface area contributed by atoms with E-state index in [-0.39, 0.29) is 11.9 Å². The number of rotatable bonds is 4. The number of esters is 1. The van der Waals surface area contributed by atoms with E-state index in [1.165, 1.54) is 6.42 Å². The molecule has 0 aromatic heterocycles. The van der Waals surface area contributed by atoms with Gasteiger partial charge in [0.25, 0.3) is 5.91 Å². The van der Waals surface area contributed by atoms with Gasteiger partial charge in [-0.1, -0.05) is 19.8 Å². The molecule has 1 aliphatic carbocycles. The van der Waals surface area contributed by atoms with Crippen molar-refractivity contribution in [2.45, 2.75) is 51.7 Å². The van der Waals surface area contributed by atoms with Crippen molar-refractivity contribution in [2.24, 2.45) is 5.92 Å². The van der Waals surface area contributed by atoms with Gasteiger partial charge in [-0.15, -0.1) is 0 Å². The summed E-state index contributed by atoms with van der Waals surface area (Å²) < 4.78 is 16.2. The van der Waals surface area contributed by atoms with E-state index in [1.54, 1.807) is 25.1 Å². The monoisotopic (exact) mass is 347 g/mol. The molecule has 3 rings (SSSR count). The molecule has 1 fully saturated rings. The molecule has 1 aliphatic heterocycles. The summed E-state index contributed by atoms with van der Waals surface area (Å²) in [5, 5.41) is 3.01. The molecule has 1 heterocycles. The van der Waals surface area contributed by atoms with Crippen molar-refractivity contribution in [3.8, 4) is 11.5 Å². The fourth-order valence-electron chi connectivity index (χ4n) is 3.28. The summed E-state index contributed by atoms with van der Waals surface area (Å²) in [6.45, 7) is 4.69. The van der Waals surface area contributed by atoms with Crippen LogP contribution in [-0.4, -0.2) is 37.2 Å². The maximum absolute atomic E-state index is 12.3. The Labute approximate surface area is 147 Å². The van der Waals surface area contributed by atoms with Crippen LogP contribution in [0.4, 0.5) is 0 Å². The number of ether oxygens (including phenoxy) is 3. The van der Waals surface area contributed by atoms with Crippen molar-refractivity contribution in [2.75, 3.05) is 13.2 Å². The number of benzene rings is 1. The second-order valence-electron chi connectivity index (χ2n) is 6.78. The van der Waals surface area contributed by atoms with Crippen LogP contribution in [0.5, 0.6) is 11.5 Å². The van der Waals surface area contributed by atoms with Crippen molar-refractivity contribution in [1.82, 2.24) is 5.32 Å². The van der Waals surface area contributed by atoms with Gasteiger partial charge in [-0.05, 0) is 43.9 Å². The molecule has 6 nitrogen and oxygen atoms in total. The van der Waals surface area contributed by atoms with E-state index in [1.807, 2.05) is 0 Å². The largest absolute Gasteiger partial charge is 0.486 e. The minimum Gasteiger partial charge on any atom is -0.486 e. The lowest BCUT2D eigenvalue weighted by Gasteiger charge is -2.30. The first kappa shape index (κ1) is 17.6. The van der Waals surface area contributed by atoms with Crippen LogP contribution in [0.25, 0.3) is 0 Å². The Morgan fingerprint density at radius 1 is 1.16 bits per heavy atom. The molecule has 6 heteroatoms. The predicted molar refractivity (Wildman–Crippen MR) is 91.9 cm³/mol. The first-order valence-electron chi connectivity index (χ1n) is 8.95. The zero-order chi connectivity index (χ0) is 17.8. The van der Waals surface area contributed by atoms with Crippen LogP contribution in [0.2, 0.25) is 0 Å². The van der Waals surface area contributed by atoms with E-state index in [2.05, 4.69) is 12.2 Å². The van der Waals surface area contributed by atoms with Gasteiger partial charge in [0.15, 0.2) is 17.6 Å².